The number of nitrogens with two attached hydrogens (primary N) is 1. The van der Waals surface area contributed by atoms with Gasteiger partial charge in [0.25, 0.3) is 5.69 Å². The molecule has 0 saturated heterocycles. The number of nitrogens with zero attached hydrogens (tertiary/aromatic N) is 1. The van der Waals surface area contributed by atoms with Gasteiger partial charge in [-0.25, -0.2) is 0 Å². The molecule has 1 aromatic carbocycles. The zero-order valence-corrected chi connectivity index (χ0v) is 11.0. The molecule has 0 radical (unpaired) electrons. The number of benzene rings is 1. The molecule has 0 aliphatic heterocycles. The fraction of sp³-hybridized carbons (Fsp3) is 0.417. The molecule has 1 rings (SSSR count). The second-order valence-corrected chi connectivity index (χ2v) is 4.19. The first-order valence-corrected chi connectivity index (χ1v) is 6.03. The average Bonchev–Trinajstić information content (AvgIpc) is 2.37. The average molecular weight is 266 g/mol. The van der Waals surface area contributed by atoms with Gasteiger partial charge in [-0.15, -0.1) is 0 Å². The van der Waals surface area contributed by atoms with Crippen molar-refractivity contribution in [3.8, 4) is 0 Å². The first-order chi connectivity index (χ1) is 8.95. The Balaban J connectivity index is 2.71. The van der Waals surface area contributed by atoms with E-state index >= 15 is 0 Å². The van der Waals surface area contributed by atoms with Gasteiger partial charge in [0.15, 0.2) is 0 Å². The summed E-state index contributed by atoms with van der Waals surface area (Å²) in [6.07, 6.45) is 0.859. The van der Waals surface area contributed by atoms with Gasteiger partial charge < -0.3 is 16.4 Å². The highest BCUT2D eigenvalue weighted by Gasteiger charge is 2.14. The van der Waals surface area contributed by atoms with Crippen molar-refractivity contribution in [2.45, 2.75) is 26.3 Å². The van der Waals surface area contributed by atoms with E-state index in [0.29, 0.717) is 12.2 Å². The zero-order valence-electron chi connectivity index (χ0n) is 11.0. The lowest BCUT2D eigenvalue weighted by molar-refractivity contribution is -0.384. The maximum Gasteiger partial charge on any atom is 0.271 e. The Hall–Kier alpha value is -2.31. The molecule has 0 saturated carbocycles. The molecule has 4 N–H and O–H groups in total. The summed E-state index contributed by atoms with van der Waals surface area (Å²) in [6, 6.07) is 3.64. The van der Waals surface area contributed by atoms with Crippen molar-refractivity contribution >= 4 is 23.0 Å². The molecule has 7 nitrogen and oxygen atoms in total. The van der Waals surface area contributed by atoms with Crippen molar-refractivity contribution in [3.63, 3.8) is 0 Å². The Kier molecular flexibility index (Phi) is 5.11. The Morgan fingerprint density at radius 3 is 2.74 bits per heavy atom. The van der Waals surface area contributed by atoms with E-state index in [9.17, 15) is 14.9 Å². The SMILES string of the molecule is CCCNC(=O)C(C)Nc1ccc([N+](=O)[O-])cc1N. The van der Waals surface area contributed by atoms with Crippen molar-refractivity contribution in [1.29, 1.82) is 0 Å². The van der Waals surface area contributed by atoms with E-state index in [1.807, 2.05) is 6.92 Å². The highest BCUT2D eigenvalue weighted by atomic mass is 16.6. The molecule has 0 heterocycles. The molecular weight excluding hydrogens is 248 g/mol. The van der Waals surface area contributed by atoms with Gasteiger partial charge in [-0.3, -0.25) is 14.9 Å². The van der Waals surface area contributed by atoms with E-state index in [1.165, 1.54) is 18.2 Å². The van der Waals surface area contributed by atoms with Crippen LogP contribution in [-0.2, 0) is 4.79 Å². The highest BCUT2D eigenvalue weighted by Crippen LogP contribution is 2.24. The van der Waals surface area contributed by atoms with Crippen LogP contribution >= 0.6 is 0 Å². The molecule has 7 heteroatoms. The second-order valence-electron chi connectivity index (χ2n) is 4.19. The van der Waals surface area contributed by atoms with Crippen LogP contribution in [0.1, 0.15) is 20.3 Å². The molecule has 104 valence electrons. The van der Waals surface area contributed by atoms with Crippen molar-refractivity contribution in [1.82, 2.24) is 5.32 Å². The van der Waals surface area contributed by atoms with Crippen molar-refractivity contribution in [2.24, 2.45) is 0 Å². The van der Waals surface area contributed by atoms with Crippen LogP contribution < -0.4 is 16.4 Å². The quantitative estimate of drug-likeness (QED) is 0.410. The van der Waals surface area contributed by atoms with Crippen LogP contribution in [0.5, 0.6) is 0 Å². The van der Waals surface area contributed by atoms with Crippen LogP contribution in [0.2, 0.25) is 0 Å². The highest BCUT2D eigenvalue weighted by molar-refractivity contribution is 5.85. The van der Waals surface area contributed by atoms with Crippen LogP contribution in [0.15, 0.2) is 18.2 Å². The lowest BCUT2D eigenvalue weighted by Gasteiger charge is -2.16. The van der Waals surface area contributed by atoms with Crippen molar-refractivity contribution in [3.05, 3.63) is 28.3 Å². The minimum Gasteiger partial charge on any atom is -0.397 e. The molecule has 0 spiro atoms. The molecule has 0 aliphatic carbocycles. The van der Waals surface area contributed by atoms with Crippen LogP contribution in [-0.4, -0.2) is 23.4 Å². The number of nitro benzene ring substituents is 1. The number of non-ortho nitro benzene ring substituents is 1. The van der Waals surface area contributed by atoms with Crippen LogP contribution in [0.25, 0.3) is 0 Å². The van der Waals surface area contributed by atoms with Crippen LogP contribution in [0, 0.1) is 10.1 Å². The number of hydrogen-bond donors (Lipinski definition) is 3. The summed E-state index contributed by atoms with van der Waals surface area (Å²) in [7, 11) is 0. The number of nitrogen functional groups attached to an aromatic ring is 1. The summed E-state index contributed by atoms with van der Waals surface area (Å²) in [4.78, 5) is 21.7. The Morgan fingerprint density at radius 2 is 2.21 bits per heavy atom. The van der Waals surface area contributed by atoms with E-state index in [4.69, 9.17) is 5.73 Å². The largest absolute Gasteiger partial charge is 0.397 e. The monoisotopic (exact) mass is 266 g/mol. The van der Waals surface area contributed by atoms with Crippen molar-refractivity contribution < 1.29 is 9.72 Å². The third-order valence-corrected chi connectivity index (χ3v) is 2.56. The molecule has 0 bridgehead atoms. The summed E-state index contributed by atoms with van der Waals surface area (Å²) >= 11 is 0. The summed E-state index contributed by atoms with van der Waals surface area (Å²) in [5, 5.41) is 16.3. The molecule has 19 heavy (non-hydrogen) atoms. The van der Waals surface area contributed by atoms with Gasteiger partial charge in [-0.2, -0.15) is 0 Å². The number of rotatable bonds is 6. The summed E-state index contributed by atoms with van der Waals surface area (Å²) < 4.78 is 0. The van der Waals surface area contributed by atoms with E-state index in [2.05, 4.69) is 10.6 Å². The molecule has 1 aromatic rings. The van der Waals surface area contributed by atoms with E-state index < -0.39 is 11.0 Å². The van der Waals surface area contributed by atoms with Gasteiger partial charge in [-0.05, 0) is 19.4 Å². The predicted octanol–water partition coefficient (Wildman–Crippen LogP) is 1.50. The number of nitrogens with one attached hydrogen (secondary N) is 2. The van der Waals surface area contributed by atoms with E-state index in [1.54, 1.807) is 6.92 Å². The molecule has 0 fully saturated rings. The number of amides is 1. The fourth-order valence-electron chi connectivity index (χ4n) is 1.50. The predicted molar refractivity (Wildman–Crippen MR) is 73.9 cm³/mol. The van der Waals surface area contributed by atoms with Gasteiger partial charge >= 0.3 is 0 Å². The first kappa shape index (κ1) is 14.7. The summed E-state index contributed by atoms with van der Waals surface area (Å²) in [6.45, 7) is 4.28. The molecule has 0 aliphatic rings. The Morgan fingerprint density at radius 1 is 1.53 bits per heavy atom. The smallest absolute Gasteiger partial charge is 0.271 e. The third kappa shape index (κ3) is 4.13. The van der Waals surface area contributed by atoms with Crippen LogP contribution in [0.3, 0.4) is 0 Å². The summed E-state index contributed by atoms with van der Waals surface area (Å²) in [5.74, 6) is -0.139. The molecule has 0 aromatic heterocycles. The van der Waals surface area contributed by atoms with Gasteiger partial charge in [0, 0.05) is 18.7 Å². The molecule has 1 unspecified atom stereocenters. The second kappa shape index (κ2) is 6.58. The molecule has 1 amide bonds. The molecule has 1 atom stereocenters. The number of carbonyl (C=O) groups excluding carboxylic acids is 1. The minimum absolute atomic E-state index is 0.0777. The Bertz CT molecular complexity index is 476. The lowest BCUT2D eigenvalue weighted by Crippen LogP contribution is -2.38. The van der Waals surface area contributed by atoms with Gasteiger partial charge in [0.1, 0.15) is 6.04 Å². The van der Waals surface area contributed by atoms with E-state index in [-0.39, 0.29) is 17.3 Å². The lowest BCUT2D eigenvalue weighted by atomic mass is 10.2. The number of carbonyl (C=O) groups is 1. The maximum absolute atomic E-state index is 11.7. The molecular formula is C12H18N4O3. The fourth-order valence-corrected chi connectivity index (χ4v) is 1.50. The number of anilines is 2. The van der Waals surface area contributed by atoms with Gasteiger partial charge in [0.2, 0.25) is 5.91 Å². The first-order valence-electron chi connectivity index (χ1n) is 6.03. The van der Waals surface area contributed by atoms with E-state index in [0.717, 1.165) is 6.42 Å². The number of hydrogen-bond acceptors (Lipinski definition) is 5. The minimum atomic E-state index is -0.516. The topological polar surface area (TPSA) is 110 Å². The Labute approximate surface area is 111 Å². The standard InChI is InChI=1S/C12H18N4O3/c1-3-6-14-12(17)8(2)15-11-5-4-9(16(18)19)7-10(11)13/h4-5,7-8,15H,3,6,13H2,1-2H3,(H,14,17). The van der Waals surface area contributed by atoms with Crippen LogP contribution in [0.4, 0.5) is 17.1 Å². The third-order valence-electron chi connectivity index (χ3n) is 2.56. The van der Waals surface area contributed by atoms with Crippen molar-refractivity contribution in [2.75, 3.05) is 17.6 Å². The summed E-state index contributed by atoms with van der Waals surface area (Å²) in [5.41, 5.74) is 6.38. The van der Waals surface area contributed by atoms with Gasteiger partial charge in [-0.1, -0.05) is 6.92 Å². The normalized spacial score (nSPS) is 11.7. The zero-order chi connectivity index (χ0) is 14.4. The number of nitro groups is 1. The van der Waals surface area contributed by atoms with Gasteiger partial charge in [0.05, 0.1) is 16.3 Å². The maximum atomic E-state index is 11.7.